The second kappa shape index (κ2) is 3.99. The Kier molecular flexibility index (Phi) is 3.09. The van der Waals surface area contributed by atoms with E-state index >= 15 is 0 Å². The fourth-order valence-corrected chi connectivity index (χ4v) is 3.93. The molecule has 94 valence electrons. The molecule has 2 fully saturated rings. The molecule has 1 saturated carbocycles. The number of hydrogen-bond donors (Lipinski definition) is 1. The molecule has 0 aromatic carbocycles. The van der Waals surface area contributed by atoms with Gasteiger partial charge in [-0.25, -0.2) is 0 Å². The molecule has 1 heterocycles. The van der Waals surface area contributed by atoms with E-state index in [4.69, 9.17) is 0 Å². The molecule has 0 spiro atoms. The van der Waals surface area contributed by atoms with Gasteiger partial charge in [-0.15, -0.1) is 0 Å². The van der Waals surface area contributed by atoms with Gasteiger partial charge >= 0.3 is 0 Å². The van der Waals surface area contributed by atoms with Crippen LogP contribution in [0.25, 0.3) is 0 Å². The van der Waals surface area contributed by atoms with E-state index in [2.05, 4.69) is 32.6 Å². The van der Waals surface area contributed by atoms with Gasteiger partial charge in [0.25, 0.3) is 0 Å². The molecule has 3 unspecified atom stereocenters. The van der Waals surface area contributed by atoms with Crippen LogP contribution < -0.4 is 0 Å². The molecule has 0 aromatic rings. The Morgan fingerprint density at radius 3 is 2.50 bits per heavy atom. The molecule has 16 heavy (non-hydrogen) atoms. The molecule has 1 aliphatic carbocycles. The van der Waals surface area contributed by atoms with E-state index in [1.165, 1.54) is 19.3 Å². The first-order chi connectivity index (χ1) is 7.34. The zero-order valence-electron chi connectivity index (χ0n) is 11.3. The first kappa shape index (κ1) is 12.4. The van der Waals surface area contributed by atoms with Crippen molar-refractivity contribution in [1.82, 2.24) is 4.90 Å². The smallest absolute Gasteiger partial charge is 0.0702 e. The van der Waals surface area contributed by atoms with E-state index in [1.54, 1.807) is 0 Å². The highest BCUT2D eigenvalue weighted by molar-refractivity contribution is 5.02. The normalized spacial score (nSPS) is 41.8. The highest BCUT2D eigenvalue weighted by Gasteiger charge is 2.48. The first-order valence-corrected chi connectivity index (χ1v) is 6.84. The van der Waals surface area contributed by atoms with Gasteiger partial charge < -0.3 is 5.11 Å². The van der Waals surface area contributed by atoms with Crippen molar-refractivity contribution in [1.29, 1.82) is 0 Å². The highest BCUT2D eigenvalue weighted by Crippen LogP contribution is 2.44. The predicted molar refractivity (Wildman–Crippen MR) is 67.4 cm³/mol. The Morgan fingerprint density at radius 1 is 1.19 bits per heavy atom. The lowest BCUT2D eigenvalue weighted by atomic mass is 9.67. The maximum absolute atomic E-state index is 10.7. The lowest BCUT2D eigenvalue weighted by Gasteiger charge is -2.55. The van der Waals surface area contributed by atoms with Crippen molar-refractivity contribution >= 4 is 0 Å². The Balaban J connectivity index is 2.17. The van der Waals surface area contributed by atoms with E-state index in [-0.39, 0.29) is 11.1 Å². The number of fused-ring (bicyclic) bond motifs is 1. The van der Waals surface area contributed by atoms with Gasteiger partial charge in [-0.05, 0) is 47.0 Å². The van der Waals surface area contributed by atoms with E-state index in [9.17, 15) is 5.11 Å². The average Bonchev–Trinajstić information content (AvgIpc) is 2.15. The SMILES string of the molecule is CC1C2CCCCC2(O)CCN1C(C)(C)C. The third kappa shape index (κ3) is 2.02. The molecule has 3 atom stereocenters. The van der Waals surface area contributed by atoms with Crippen LogP contribution >= 0.6 is 0 Å². The summed E-state index contributed by atoms with van der Waals surface area (Å²) < 4.78 is 0. The van der Waals surface area contributed by atoms with E-state index in [0.29, 0.717) is 12.0 Å². The summed E-state index contributed by atoms with van der Waals surface area (Å²) in [5.41, 5.74) is -0.113. The Hall–Kier alpha value is -0.0800. The number of likely N-dealkylation sites (tertiary alicyclic amines) is 1. The van der Waals surface area contributed by atoms with E-state index in [1.807, 2.05) is 0 Å². The molecule has 2 heteroatoms. The molecular formula is C14H27NO. The van der Waals surface area contributed by atoms with Crippen LogP contribution in [-0.2, 0) is 0 Å². The van der Waals surface area contributed by atoms with Crippen molar-refractivity contribution in [3.8, 4) is 0 Å². The lowest BCUT2D eigenvalue weighted by molar-refractivity contribution is -0.135. The van der Waals surface area contributed by atoms with Crippen molar-refractivity contribution in [2.45, 2.75) is 77.0 Å². The molecule has 2 nitrogen and oxygen atoms in total. The van der Waals surface area contributed by atoms with Crippen LogP contribution in [0.4, 0.5) is 0 Å². The Bertz CT molecular complexity index is 258. The molecule has 1 N–H and O–H groups in total. The lowest BCUT2D eigenvalue weighted by Crippen LogP contribution is -2.62. The van der Waals surface area contributed by atoms with Gasteiger partial charge in [0.05, 0.1) is 5.60 Å². The maximum atomic E-state index is 10.7. The number of nitrogens with zero attached hydrogens (tertiary/aromatic N) is 1. The van der Waals surface area contributed by atoms with Crippen molar-refractivity contribution in [2.75, 3.05) is 6.54 Å². The van der Waals surface area contributed by atoms with Crippen molar-refractivity contribution in [3.05, 3.63) is 0 Å². The fraction of sp³-hybridized carbons (Fsp3) is 1.00. The van der Waals surface area contributed by atoms with Crippen LogP contribution in [0.3, 0.4) is 0 Å². The summed E-state index contributed by atoms with van der Waals surface area (Å²) in [6, 6.07) is 0.527. The van der Waals surface area contributed by atoms with Crippen LogP contribution in [0.5, 0.6) is 0 Å². The van der Waals surface area contributed by atoms with Gasteiger partial charge in [0.1, 0.15) is 0 Å². The van der Waals surface area contributed by atoms with Crippen molar-refractivity contribution < 1.29 is 5.11 Å². The summed E-state index contributed by atoms with van der Waals surface area (Å²) in [5, 5.41) is 10.7. The second-order valence-electron chi connectivity index (χ2n) is 6.81. The number of rotatable bonds is 0. The molecule has 2 rings (SSSR count). The summed E-state index contributed by atoms with van der Waals surface area (Å²) in [5.74, 6) is 0.495. The molecule has 0 aromatic heterocycles. The Labute approximate surface area is 100 Å². The third-order valence-corrected chi connectivity index (χ3v) is 4.79. The molecule has 2 aliphatic rings. The van der Waals surface area contributed by atoms with Crippen LogP contribution in [0, 0.1) is 5.92 Å². The topological polar surface area (TPSA) is 23.5 Å². The van der Waals surface area contributed by atoms with Gasteiger partial charge in [-0.2, -0.15) is 0 Å². The minimum atomic E-state index is -0.348. The monoisotopic (exact) mass is 225 g/mol. The van der Waals surface area contributed by atoms with Crippen LogP contribution in [-0.4, -0.2) is 33.7 Å². The van der Waals surface area contributed by atoms with Gasteiger partial charge in [-0.3, -0.25) is 4.90 Å². The number of piperidine rings is 1. The quantitative estimate of drug-likeness (QED) is 0.685. The zero-order chi connectivity index (χ0) is 12.0. The first-order valence-electron chi connectivity index (χ1n) is 6.84. The summed E-state index contributed by atoms with van der Waals surface area (Å²) in [6.07, 6.45) is 5.73. The Morgan fingerprint density at radius 2 is 1.88 bits per heavy atom. The summed E-state index contributed by atoms with van der Waals surface area (Å²) >= 11 is 0. The van der Waals surface area contributed by atoms with Crippen LogP contribution in [0.2, 0.25) is 0 Å². The minimum absolute atomic E-state index is 0.234. The van der Waals surface area contributed by atoms with Crippen molar-refractivity contribution in [2.24, 2.45) is 5.92 Å². The predicted octanol–water partition coefficient (Wildman–Crippen LogP) is 2.80. The molecule has 0 amide bonds. The van der Waals surface area contributed by atoms with E-state index < -0.39 is 0 Å². The van der Waals surface area contributed by atoms with Crippen molar-refractivity contribution in [3.63, 3.8) is 0 Å². The summed E-state index contributed by atoms with van der Waals surface area (Å²) in [4.78, 5) is 2.58. The van der Waals surface area contributed by atoms with Gasteiger partial charge in [0.2, 0.25) is 0 Å². The van der Waals surface area contributed by atoms with E-state index in [0.717, 1.165) is 19.4 Å². The molecular weight excluding hydrogens is 198 g/mol. The van der Waals surface area contributed by atoms with Crippen LogP contribution in [0.1, 0.15) is 59.8 Å². The second-order valence-corrected chi connectivity index (χ2v) is 6.81. The highest BCUT2D eigenvalue weighted by atomic mass is 16.3. The largest absolute Gasteiger partial charge is 0.389 e. The third-order valence-electron chi connectivity index (χ3n) is 4.79. The zero-order valence-corrected chi connectivity index (χ0v) is 11.3. The number of hydrogen-bond acceptors (Lipinski definition) is 2. The molecule has 0 radical (unpaired) electrons. The minimum Gasteiger partial charge on any atom is -0.389 e. The van der Waals surface area contributed by atoms with Gasteiger partial charge in [0.15, 0.2) is 0 Å². The average molecular weight is 225 g/mol. The molecule has 1 aliphatic heterocycles. The fourth-order valence-electron chi connectivity index (χ4n) is 3.93. The molecule has 1 saturated heterocycles. The summed E-state index contributed by atoms with van der Waals surface area (Å²) in [6.45, 7) is 10.2. The molecule has 0 bridgehead atoms. The van der Waals surface area contributed by atoms with Gasteiger partial charge in [0, 0.05) is 24.0 Å². The maximum Gasteiger partial charge on any atom is 0.0702 e. The van der Waals surface area contributed by atoms with Crippen LogP contribution in [0.15, 0.2) is 0 Å². The summed E-state index contributed by atoms with van der Waals surface area (Å²) in [7, 11) is 0. The van der Waals surface area contributed by atoms with Gasteiger partial charge in [-0.1, -0.05) is 12.8 Å². The standard InChI is InChI=1S/C14H27NO/c1-11-12-7-5-6-8-14(12,16)9-10-15(11)13(2,3)4/h11-12,16H,5-10H2,1-4H3. The number of aliphatic hydroxyl groups is 1.